The number of piperidine rings is 1. The monoisotopic (exact) mass is 341 g/mol. The van der Waals surface area contributed by atoms with E-state index in [0.717, 1.165) is 11.0 Å². The Labute approximate surface area is 137 Å². The fourth-order valence-electron chi connectivity index (χ4n) is 3.32. The molecule has 0 saturated carbocycles. The average Bonchev–Trinajstić information content (AvgIpc) is 2.76. The highest BCUT2D eigenvalue weighted by Crippen LogP contribution is 2.32. The van der Waals surface area contributed by atoms with E-state index in [1.54, 1.807) is 0 Å². The smallest absolute Gasteiger partial charge is 0.323 e. The van der Waals surface area contributed by atoms with Crippen molar-refractivity contribution in [1.29, 1.82) is 0 Å². The molecular weight excluding hydrogens is 323 g/mol. The van der Waals surface area contributed by atoms with Crippen LogP contribution < -0.4 is 10.6 Å². The molecule has 2 N–H and O–H groups in total. The largest absolute Gasteiger partial charge is 0.416 e. The molecule has 5 nitrogen and oxygen atoms in total. The first-order chi connectivity index (χ1) is 11.3. The van der Waals surface area contributed by atoms with Crippen LogP contribution in [0.2, 0.25) is 0 Å². The predicted molar refractivity (Wildman–Crippen MR) is 80.2 cm³/mol. The van der Waals surface area contributed by atoms with Crippen LogP contribution in [0, 0.1) is 0 Å². The first kappa shape index (κ1) is 16.8. The summed E-state index contributed by atoms with van der Waals surface area (Å²) in [7, 11) is 0. The molecule has 0 bridgehead atoms. The van der Waals surface area contributed by atoms with Gasteiger partial charge < -0.3 is 10.6 Å². The SMILES string of the molecule is O=C1NC2(CCNCC2)C(=O)N1CCc1ccccc1C(F)(F)F. The van der Waals surface area contributed by atoms with Crippen molar-refractivity contribution in [2.45, 2.75) is 31.0 Å². The number of imide groups is 1. The van der Waals surface area contributed by atoms with Gasteiger partial charge in [-0.1, -0.05) is 18.2 Å². The second kappa shape index (κ2) is 6.08. The Kier molecular flexibility index (Phi) is 4.25. The highest BCUT2D eigenvalue weighted by molar-refractivity contribution is 6.07. The first-order valence-electron chi connectivity index (χ1n) is 7.83. The van der Waals surface area contributed by atoms with Gasteiger partial charge in [0.15, 0.2) is 0 Å². The normalized spacial score (nSPS) is 20.5. The first-order valence-corrected chi connectivity index (χ1v) is 7.83. The van der Waals surface area contributed by atoms with Gasteiger partial charge in [-0.2, -0.15) is 13.2 Å². The number of carbonyl (C=O) groups excluding carboxylic acids is 2. The van der Waals surface area contributed by atoms with Crippen LogP contribution in [0.4, 0.5) is 18.0 Å². The van der Waals surface area contributed by atoms with Gasteiger partial charge in [0.2, 0.25) is 0 Å². The molecule has 0 aromatic heterocycles. The van der Waals surface area contributed by atoms with E-state index in [0.29, 0.717) is 25.9 Å². The zero-order valence-electron chi connectivity index (χ0n) is 12.9. The maximum absolute atomic E-state index is 13.0. The highest BCUT2D eigenvalue weighted by Gasteiger charge is 2.51. The quantitative estimate of drug-likeness (QED) is 0.826. The molecule has 1 aromatic rings. The maximum Gasteiger partial charge on any atom is 0.416 e. The molecule has 2 aliphatic heterocycles. The number of nitrogens with one attached hydrogen (secondary N) is 2. The summed E-state index contributed by atoms with van der Waals surface area (Å²) >= 11 is 0. The summed E-state index contributed by atoms with van der Waals surface area (Å²) in [6, 6.07) is 4.71. The molecule has 2 saturated heterocycles. The van der Waals surface area contributed by atoms with Crippen molar-refractivity contribution in [3.05, 3.63) is 35.4 Å². The molecule has 1 aromatic carbocycles. The van der Waals surface area contributed by atoms with E-state index in [9.17, 15) is 22.8 Å². The summed E-state index contributed by atoms with van der Waals surface area (Å²) in [5.41, 5.74) is -1.54. The second-order valence-electron chi connectivity index (χ2n) is 6.12. The van der Waals surface area contributed by atoms with Crippen LogP contribution in [-0.2, 0) is 17.4 Å². The molecule has 2 fully saturated rings. The molecule has 2 heterocycles. The second-order valence-corrected chi connectivity index (χ2v) is 6.12. The molecule has 8 heteroatoms. The van der Waals surface area contributed by atoms with E-state index in [4.69, 9.17) is 0 Å². The summed E-state index contributed by atoms with van der Waals surface area (Å²) in [4.78, 5) is 25.7. The minimum absolute atomic E-state index is 0.0246. The fourth-order valence-corrected chi connectivity index (χ4v) is 3.32. The van der Waals surface area contributed by atoms with Crippen LogP contribution in [0.1, 0.15) is 24.0 Å². The van der Waals surface area contributed by atoms with Crippen molar-refractivity contribution < 1.29 is 22.8 Å². The number of carbonyl (C=O) groups is 2. The van der Waals surface area contributed by atoms with Crippen LogP contribution in [0.15, 0.2) is 24.3 Å². The van der Waals surface area contributed by atoms with Crippen molar-refractivity contribution in [2.75, 3.05) is 19.6 Å². The van der Waals surface area contributed by atoms with Crippen LogP contribution >= 0.6 is 0 Å². The number of hydrogen-bond donors (Lipinski definition) is 2. The van der Waals surface area contributed by atoms with Gasteiger partial charge in [-0.3, -0.25) is 9.69 Å². The Morgan fingerprint density at radius 3 is 2.46 bits per heavy atom. The molecule has 3 rings (SSSR count). The molecular formula is C16H18F3N3O2. The summed E-state index contributed by atoms with van der Waals surface area (Å²) in [5.74, 6) is -0.335. The fraction of sp³-hybridized carbons (Fsp3) is 0.500. The van der Waals surface area contributed by atoms with E-state index in [-0.39, 0.29) is 24.4 Å². The van der Waals surface area contributed by atoms with Crippen molar-refractivity contribution in [3.8, 4) is 0 Å². The Balaban J connectivity index is 1.74. The Morgan fingerprint density at radius 1 is 1.12 bits per heavy atom. The molecule has 1 spiro atoms. The van der Waals surface area contributed by atoms with Gasteiger partial charge >= 0.3 is 12.2 Å². The number of nitrogens with zero attached hydrogens (tertiary/aromatic N) is 1. The van der Waals surface area contributed by atoms with Gasteiger partial charge in [-0.15, -0.1) is 0 Å². The summed E-state index contributed by atoms with van der Waals surface area (Å²) in [6.45, 7) is 1.18. The predicted octanol–water partition coefficient (Wildman–Crippen LogP) is 1.92. The molecule has 130 valence electrons. The lowest BCUT2D eigenvalue weighted by molar-refractivity contribution is -0.138. The Hall–Kier alpha value is -2.09. The summed E-state index contributed by atoms with van der Waals surface area (Å²) < 4.78 is 39.1. The Morgan fingerprint density at radius 2 is 1.79 bits per heavy atom. The van der Waals surface area contributed by atoms with Crippen LogP contribution in [0.25, 0.3) is 0 Å². The van der Waals surface area contributed by atoms with Gasteiger partial charge in [0, 0.05) is 6.54 Å². The molecule has 3 amide bonds. The van der Waals surface area contributed by atoms with Crippen molar-refractivity contribution in [2.24, 2.45) is 0 Å². The summed E-state index contributed by atoms with van der Waals surface area (Å²) in [5, 5.41) is 5.85. The molecule has 0 aliphatic carbocycles. The minimum atomic E-state index is -4.45. The van der Waals surface area contributed by atoms with E-state index in [1.807, 2.05) is 0 Å². The number of halogens is 3. The van der Waals surface area contributed by atoms with E-state index in [2.05, 4.69) is 10.6 Å². The van der Waals surface area contributed by atoms with Gasteiger partial charge in [0.25, 0.3) is 5.91 Å². The van der Waals surface area contributed by atoms with Crippen molar-refractivity contribution in [3.63, 3.8) is 0 Å². The van der Waals surface area contributed by atoms with Crippen LogP contribution in [-0.4, -0.2) is 42.0 Å². The minimum Gasteiger partial charge on any atom is -0.323 e. The number of alkyl halides is 3. The maximum atomic E-state index is 13.0. The molecule has 24 heavy (non-hydrogen) atoms. The van der Waals surface area contributed by atoms with Gasteiger partial charge in [-0.25, -0.2) is 4.79 Å². The van der Waals surface area contributed by atoms with Crippen molar-refractivity contribution >= 4 is 11.9 Å². The topological polar surface area (TPSA) is 61.4 Å². The lowest BCUT2D eigenvalue weighted by Crippen LogP contribution is -2.53. The van der Waals surface area contributed by atoms with E-state index in [1.165, 1.54) is 18.2 Å². The van der Waals surface area contributed by atoms with Crippen LogP contribution in [0.3, 0.4) is 0 Å². The standard InChI is InChI=1S/C16H18F3N3O2/c17-16(18,19)12-4-2-1-3-11(12)5-10-22-13(23)15(21-14(22)24)6-8-20-9-7-15/h1-4,20H,5-10H2,(H,21,24). The van der Waals surface area contributed by atoms with Crippen LogP contribution in [0.5, 0.6) is 0 Å². The van der Waals surface area contributed by atoms with E-state index < -0.39 is 23.3 Å². The summed E-state index contributed by atoms with van der Waals surface area (Å²) in [6.07, 6.45) is -3.49. The third-order valence-electron chi connectivity index (χ3n) is 4.63. The van der Waals surface area contributed by atoms with Gasteiger partial charge in [0.1, 0.15) is 5.54 Å². The number of rotatable bonds is 3. The number of urea groups is 1. The number of hydrogen-bond acceptors (Lipinski definition) is 3. The third kappa shape index (κ3) is 2.98. The Bertz CT molecular complexity index is 654. The molecule has 0 unspecified atom stereocenters. The zero-order chi connectivity index (χ0) is 17.4. The van der Waals surface area contributed by atoms with Gasteiger partial charge in [0.05, 0.1) is 5.56 Å². The molecule has 0 radical (unpaired) electrons. The third-order valence-corrected chi connectivity index (χ3v) is 4.63. The van der Waals surface area contributed by atoms with Crippen molar-refractivity contribution in [1.82, 2.24) is 15.5 Å². The molecule has 0 atom stereocenters. The van der Waals surface area contributed by atoms with E-state index >= 15 is 0 Å². The van der Waals surface area contributed by atoms with Gasteiger partial charge in [-0.05, 0) is 44.0 Å². The lowest BCUT2D eigenvalue weighted by atomic mass is 9.88. The zero-order valence-corrected chi connectivity index (χ0v) is 12.9. The average molecular weight is 341 g/mol. The number of amides is 3. The lowest BCUT2D eigenvalue weighted by Gasteiger charge is -2.31. The molecule has 2 aliphatic rings. The number of benzene rings is 1. The highest BCUT2D eigenvalue weighted by atomic mass is 19.4.